The van der Waals surface area contributed by atoms with Gasteiger partial charge in [0.25, 0.3) is 0 Å². The zero-order valence-corrected chi connectivity index (χ0v) is 14.3. The third-order valence-electron chi connectivity index (χ3n) is 3.48. The molecule has 1 heterocycles. The van der Waals surface area contributed by atoms with Crippen LogP contribution in [0.3, 0.4) is 0 Å². The lowest BCUT2D eigenvalue weighted by molar-refractivity contribution is 0.494. The number of hydrogen-bond acceptors (Lipinski definition) is 5. The lowest BCUT2D eigenvalue weighted by atomic mass is 10.2. The second-order valence-corrected chi connectivity index (χ2v) is 7.38. The average molecular weight is 361 g/mol. The Morgan fingerprint density at radius 3 is 2.40 bits per heavy atom. The fourth-order valence-corrected chi connectivity index (χ4v) is 3.24. The van der Waals surface area contributed by atoms with E-state index in [1.807, 2.05) is 19.1 Å². The second kappa shape index (κ2) is 7.12. The van der Waals surface area contributed by atoms with Gasteiger partial charge >= 0.3 is 0 Å². The number of sulfonamides is 1. The van der Waals surface area contributed by atoms with Crippen LogP contribution in [0, 0.1) is 12.7 Å². The van der Waals surface area contributed by atoms with Crippen LogP contribution in [-0.4, -0.2) is 18.6 Å². The molecule has 0 aliphatic heterocycles. The highest BCUT2D eigenvalue weighted by Crippen LogP contribution is 2.18. The van der Waals surface area contributed by atoms with E-state index in [1.54, 1.807) is 12.1 Å². The molecule has 0 unspecified atom stereocenters. The number of aryl methyl sites for hydroxylation is 1. The van der Waals surface area contributed by atoms with E-state index in [0.29, 0.717) is 11.1 Å². The lowest BCUT2D eigenvalue weighted by Gasteiger charge is -2.05. The van der Waals surface area contributed by atoms with Crippen molar-refractivity contribution in [1.82, 2.24) is 14.9 Å². The number of aromatic nitrogens is 2. The highest BCUT2D eigenvalue weighted by Gasteiger charge is 2.14. The topological polar surface area (TPSA) is 85.1 Å². The summed E-state index contributed by atoms with van der Waals surface area (Å²) in [7, 11) is -3.53. The van der Waals surface area contributed by atoms with Crippen molar-refractivity contribution >= 4 is 10.0 Å². The van der Waals surface area contributed by atoms with E-state index in [1.165, 1.54) is 24.3 Å². The van der Waals surface area contributed by atoms with E-state index in [-0.39, 0.29) is 29.9 Å². The van der Waals surface area contributed by atoms with Gasteiger partial charge < -0.3 is 4.42 Å². The first kappa shape index (κ1) is 17.2. The zero-order valence-electron chi connectivity index (χ0n) is 13.4. The molecule has 8 heteroatoms. The van der Waals surface area contributed by atoms with E-state index >= 15 is 0 Å². The van der Waals surface area contributed by atoms with Gasteiger partial charge in [-0.1, -0.05) is 29.8 Å². The summed E-state index contributed by atoms with van der Waals surface area (Å²) in [5.74, 6) is -0.168. The van der Waals surface area contributed by atoms with Crippen LogP contribution in [-0.2, 0) is 22.3 Å². The van der Waals surface area contributed by atoms with E-state index < -0.39 is 10.0 Å². The number of halogens is 1. The third kappa shape index (κ3) is 4.71. The van der Waals surface area contributed by atoms with Crippen LogP contribution in [0.2, 0.25) is 0 Å². The molecule has 0 saturated carbocycles. The Morgan fingerprint density at radius 1 is 1.04 bits per heavy atom. The molecule has 3 aromatic rings. The third-order valence-corrected chi connectivity index (χ3v) is 4.78. The number of nitrogens with zero attached hydrogens (tertiary/aromatic N) is 2. The summed E-state index contributed by atoms with van der Waals surface area (Å²) in [5.41, 5.74) is 2.31. The molecule has 2 aromatic carbocycles. The molecule has 1 aromatic heterocycles. The van der Waals surface area contributed by atoms with Gasteiger partial charge in [-0.15, -0.1) is 10.2 Å². The van der Waals surface area contributed by atoms with Gasteiger partial charge in [-0.05, 0) is 36.8 Å². The average Bonchev–Trinajstić information content (AvgIpc) is 3.05. The summed E-state index contributed by atoms with van der Waals surface area (Å²) in [4.78, 5) is 0. The van der Waals surface area contributed by atoms with Crippen molar-refractivity contribution in [3.63, 3.8) is 0 Å². The molecule has 25 heavy (non-hydrogen) atoms. The van der Waals surface area contributed by atoms with E-state index in [0.717, 1.165) is 5.56 Å². The predicted octanol–water partition coefficient (Wildman–Crippen LogP) is 2.80. The molecule has 1 N–H and O–H groups in total. The van der Waals surface area contributed by atoms with Crippen molar-refractivity contribution in [2.45, 2.75) is 19.2 Å². The first-order chi connectivity index (χ1) is 11.9. The molecule has 0 aliphatic carbocycles. The van der Waals surface area contributed by atoms with Crippen molar-refractivity contribution in [3.8, 4) is 11.5 Å². The molecule has 0 atom stereocenters. The first-order valence-corrected chi connectivity index (χ1v) is 9.18. The van der Waals surface area contributed by atoms with E-state index in [4.69, 9.17) is 4.42 Å². The van der Waals surface area contributed by atoms with Crippen LogP contribution in [0.4, 0.5) is 4.39 Å². The molecule has 6 nitrogen and oxygen atoms in total. The maximum atomic E-state index is 12.9. The van der Waals surface area contributed by atoms with Gasteiger partial charge in [-0.3, -0.25) is 0 Å². The summed E-state index contributed by atoms with van der Waals surface area (Å²) in [6.07, 6.45) is 0. The Hall–Kier alpha value is -2.58. The largest absolute Gasteiger partial charge is 0.419 e. The van der Waals surface area contributed by atoms with Crippen LogP contribution >= 0.6 is 0 Å². The zero-order chi connectivity index (χ0) is 17.9. The predicted molar refractivity (Wildman–Crippen MR) is 90.3 cm³/mol. The standard InChI is InChI=1S/C17H16FN3O3S/c1-12-2-4-13(5-3-12)11-25(22,23)19-10-16-20-21-17(24-16)14-6-8-15(18)9-7-14/h2-9,19H,10-11H2,1H3. The fraction of sp³-hybridized carbons (Fsp3) is 0.176. The molecule has 0 radical (unpaired) electrons. The molecular formula is C17H16FN3O3S. The van der Waals surface area contributed by atoms with Gasteiger partial charge in [0.2, 0.25) is 21.8 Å². The van der Waals surface area contributed by atoms with Gasteiger partial charge in [-0.25, -0.2) is 17.5 Å². The summed E-state index contributed by atoms with van der Waals surface area (Å²) >= 11 is 0. The highest BCUT2D eigenvalue weighted by atomic mass is 32.2. The van der Waals surface area contributed by atoms with Crippen molar-refractivity contribution < 1.29 is 17.2 Å². The normalized spacial score (nSPS) is 11.6. The Bertz CT molecular complexity index is 952. The second-order valence-electron chi connectivity index (χ2n) is 5.57. The number of benzene rings is 2. The maximum Gasteiger partial charge on any atom is 0.247 e. The van der Waals surface area contributed by atoms with Crippen LogP contribution in [0.25, 0.3) is 11.5 Å². The molecule has 0 bridgehead atoms. The quantitative estimate of drug-likeness (QED) is 0.730. The maximum absolute atomic E-state index is 12.9. The molecule has 0 amide bonds. The summed E-state index contributed by atoms with van der Waals surface area (Å²) in [6, 6.07) is 12.8. The molecule has 0 fully saturated rings. The Balaban J connectivity index is 1.63. The van der Waals surface area contributed by atoms with Gasteiger partial charge in [0, 0.05) is 5.56 Å². The van der Waals surface area contributed by atoms with Crippen molar-refractivity contribution in [1.29, 1.82) is 0 Å². The molecule has 3 rings (SSSR count). The lowest BCUT2D eigenvalue weighted by Crippen LogP contribution is -2.24. The molecule has 0 aliphatic rings. The Morgan fingerprint density at radius 2 is 1.72 bits per heavy atom. The molecular weight excluding hydrogens is 345 g/mol. The van der Waals surface area contributed by atoms with Gasteiger partial charge in [0.05, 0.1) is 12.3 Å². The SMILES string of the molecule is Cc1ccc(CS(=O)(=O)NCc2nnc(-c3ccc(F)cc3)o2)cc1. The van der Waals surface area contributed by atoms with Crippen molar-refractivity contribution in [2.75, 3.05) is 0 Å². The molecule has 0 spiro atoms. The monoisotopic (exact) mass is 361 g/mol. The van der Waals surface area contributed by atoms with Crippen molar-refractivity contribution in [2.24, 2.45) is 0 Å². The first-order valence-electron chi connectivity index (χ1n) is 7.52. The molecule has 0 saturated heterocycles. The number of rotatable bonds is 6. The van der Waals surface area contributed by atoms with Gasteiger partial charge in [-0.2, -0.15) is 0 Å². The van der Waals surface area contributed by atoms with Crippen LogP contribution < -0.4 is 4.72 Å². The highest BCUT2D eigenvalue weighted by molar-refractivity contribution is 7.88. The van der Waals surface area contributed by atoms with E-state index in [9.17, 15) is 12.8 Å². The van der Waals surface area contributed by atoms with Gasteiger partial charge in [0.1, 0.15) is 5.82 Å². The Kier molecular flexibility index (Phi) is 4.91. The summed E-state index contributed by atoms with van der Waals surface area (Å²) in [5, 5.41) is 7.64. The summed E-state index contributed by atoms with van der Waals surface area (Å²) in [6.45, 7) is 1.83. The van der Waals surface area contributed by atoms with Crippen LogP contribution in [0.5, 0.6) is 0 Å². The number of nitrogens with one attached hydrogen (secondary N) is 1. The minimum Gasteiger partial charge on any atom is -0.419 e. The smallest absolute Gasteiger partial charge is 0.247 e. The number of hydrogen-bond donors (Lipinski definition) is 1. The van der Waals surface area contributed by atoms with Crippen molar-refractivity contribution in [3.05, 3.63) is 71.4 Å². The molecule has 130 valence electrons. The minimum atomic E-state index is -3.53. The van der Waals surface area contributed by atoms with Crippen LogP contribution in [0.15, 0.2) is 52.9 Å². The fourth-order valence-electron chi connectivity index (χ4n) is 2.16. The van der Waals surface area contributed by atoms with E-state index in [2.05, 4.69) is 14.9 Å². The summed E-state index contributed by atoms with van der Waals surface area (Å²) < 4.78 is 45.0. The van der Waals surface area contributed by atoms with Crippen LogP contribution in [0.1, 0.15) is 17.0 Å². The minimum absolute atomic E-state index is 0.109. The van der Waals surface area contributed by atoms with Gasteiger partial charge in [0.15, 0.2) is 0 Å². The Labute approximate surface area is 144 Å².